The second-order valence-electron chi connectivity index (χ2n) is 9.20. The lowest BCUT2D eigenvalue weighted by molar-refractivity contribution is 1.62. The van der Waals surface area contributed by atoms with Crippen molar-refractivity contribution in [3.05, 3.63) is 146 Å². The maximum absolute atomic E-state index is 8.44. The quantitative estimate of drug-likeness (QED) is 0.231. The zero-order chi connectivity index (χ0) is 25.6. The summed E-state index contributed by atoms with van der Waals surface area (Å²) in [6.07, 6.45) is 0. The van der Waals surface area contributed by atoms with Crippen molar-refractivity contribution in [2.24, 2.45) is 0 Å². The van der Waals surface area contributed by atoms with Crippen molar-refractivity contribution in [3.8, 4) is 33.4 Å². The molecule has 0 aliphatic rings. The Kier molecular flexibility index (Phi) is 4.41. The minimum Gasteiger partial charge on any atom is -0.0622 e. The summed E-state index contributed by atoms with van der Waals surface area (Å²) in [6.45, 7) is 0. The fourth-order valence-corrected chi connectivity index (χ4v) is 5.43. The lowest BCUT2D eigenvalue weighted by Crippen LogP contribution is -1.90. The SMILES string of the molecule is [2H]c1ccc2c(-c3ccc(-c4ccc5ccccc5c4)cc3)c3cc([2H])ccc3c(-c3ccccc3)c2c1. The first kappa shape index (κ1) is 18.6. The van der Waals surface area contributed by atoms with Gasteiger partial charge in [-0.1, -0.05) is 139 Å². The van der Waals surface area contributed by atoms with E-state index >= 15 is 0 Å². The zero-order valence-electron chi connectivity index (χ0n) is 21.7. The van der Waals surface area contributed by atoms with Gasteiger partial charge in [-0.05, 0) is 71.8 Å². The average Bonchev–Trinajstić information content (AvgIpc) is 2.96. The molecule has 0 N–H and O–H groups in total. The van der Waals surface area contributed by atoms with E-state index in [1.165, 1.54) is 21.9 Å². The summed E-state index contributed by atoms with van der Waals surface area (Å²) in [5.74, 6) is 0. The fourth-order valence-electron chi connectivity index (χ4n) is 5.43. The normalized spacial score (nSPS) is 12.1. The molecule has 0 aromatic heterocycles. The maximum atomic E-state index is 8.44. The van der Waals surface area contributed by atoms with Crippen LogP contribution < -0.4 is 0 Å². The van der Waals surface area contributed by atoms with Crippen LogP contribution in [0.1, 0.15) is 2.74 Å². The molecule has 0 atom stereocenters. The Bertz CT molecular complexity index is 1970. The molecule has 7 aromatic rings. The van der Waals surface area contributed by atoms with E-state index in [1.54, 1.807) is 0 Å². The smallest absolute Gasteiger partial charge is 0.0622 e. The van der Waals surface area contributed by atoms with E-state index < -0.39 is 0 Å². The summed E-state index contributed by atoms with van der Waals surface area (Å²) >= 11 is 0. The van der Waals surface area contributed by atoms with Gasteiger partial charge in [0.15, 0.2) is 0 Å². The van der Waals surface area contributed by atoms with E-state index in [0.29, 0.717) is 12.1 Å². The topological polar surface area (TPSA) is 0 Å². The standard InChI is InChI=1S/C36H24/c1-2-11-27(12-3-1)35-31-14-6-8-16-33(31)36(34-17-9-7-15-32(34)35)28-21-18-26(19-22-28)30-23-20-25-10-4-5-13-29(25)24-30/h1-24H/i6D,9D. The van der Waals surface area contributed by atoms with Crippen LogP contribution in [0.4, 0.5) is 0 Å². The second kappa shape index (κ2) is 8.52. The van der Waals surface area contributed by atoms with Gasteiger partial charge in [0.1, 0.15) is 0 Å². The van der Waals surface area contributed by atoms with Crippen LogP contribution in [0.3, 0.4) is 0 Å². The number of rotatable bonds is 3. The van der Waals surface area contributed by atoms with Crippen molar-refractivity contribution in [1.29, 1.82) is 0 Å². The van der Waals surface area contributed by atoms with Crippen molar-refractivity contribution in [2.75, 3.05) is 0 Å². The van der Waals surface area contributed by atoms with E-state index in [1.807, 2.05) is 30.3 Å². The van der Waals surface area contributed by atoms with E-state index in [0.717, 1.165) is 43.8 Å². The maximum Gasteiger partial charge on any atom is 0.0623 e. The van der Waals surface area contributed by atoms with Gasteiger partial charge >= 0.3 is 0 Å². The van der Waals surface area contributed by atoms with Crippen molar-refractivity contribution in [3.63, 3.8) is 0 Å². The summed E-state index contributed by atoms with van der Waals surface area (Å²) in [4.78, 5) is 0. The minimum atomic E-state index is 0.488. The molecule has 0 fully saturated rings. The number of benzene rings is 7. The molecule has 0 aliphatic heterocycles. The van der Waals surface area contributed by atoms with E-state index in [-0.39, 0.29) is 0 Å². The Morgan fingerprint density at radius 2 is 0.833 bits per heavy atom. The first-order valence-electron chi connectivity index (χ1n) is 13.3. The first-order valence-corrected chi connectivity index (χ1v) is 12.3. The third-order valence-corrected chi connectivity index (χ3v) is 7.12. The van der Waals surface area contributed by atoms with Crippen molar-refractivity contribution in [2.45, 2.75) is 0 Å². The highest BCUT2D eigenvalue weighted by atomic mass is 14.2. The molecule has 0 heterocycles. The Morgan fingerprint density at radius 1 is 0.333 bits per heavy atom. The highest BCUT2D eigenvalue weighted by Gasteiger charge is 2.16. The van der Waals surface area contributed by atoms with Crippen molar-refractivity contribution >= 4 is 32.3 Å². The van der Waals surface area contributed by atoms with Crippen molar-refractivity contribution < 1.29 is 2.74 Å². The summed E-state index contributed by atoms with van der Waals surface area (Å²) in [5.41, 5.74) is 6.80. The van der Waals surface area contributed by atoms with E-state index in [2.05, 4.69) is 103 Å². The first-order chi connectivity index (χ1) is 18.7. The van der Waals surface area contributed by atoms with Gasteiger partial charge in [0.2, 0.25) is 0 Å². The Morgan fingerprint density at radius 3 is 1.50 bits per heavy atom. The zero-order valence-corrected chi connectivity index (χ0v) is 19.7. The lowest BCUT2D eigenvalue weighted by Gasteiger charge is -2.18. The van der Waals surface area contributed by atoms with Crippen LogP contribution in [0.25, 0.3) is 65.7 Å². The Hall–Kier alpha value is -4.68. The van der Waals surface area contributed by atoms with Gasteiger partial charge in [0.25, 0.3) is 0 Å². The molecule has 7 rings (SSSR count). The molecule has 0 nitrogen and oxygen atoms in total. The fraction of sp³-hybridized carbons (Fsp3) is 0. The molecule has 168 valence electrons. The van der Waals surface area contributed by atoms with Gasteiger partial charge in [-0.2, -0.15) is 0 Å². The number of hydrogen-bond acceptors (Lipinski definition) is 0. The molecule has 0 spiro atoms. The second-order valence-corrected chi connectivity index (χ2v) is 9.20. The summed E-state index contributed by atoms with van der Waals surface area (Å²) in [7, 11) is 0. The Labute approximate surface area is 213 Å². The van der Waals surface area contributed by atoms with Gasteiger partial charge in [-0.15, -0.1) is 0 Å². The highest BCUT2D eigenvalue weighted by Crippen LogP contribution is 2.43. The predicted molar refractivity (Wildman–Crippen MR) is 155 cm³/mol. The molecular weight excluding hydrogens is 432 g/mol. The van der Waals surface area contributed by atoms with Gasteiger partial charge in [-0.3, -0.25) is 0 Å². The summed E-state index contributed by atoms with van der Waals surface area (Å²) in [5, 5.41) is 6.78. The van der Waals surface area contributed by atoms with E-state index in [9.17, 15) is 0 Å². The number of fused-ring (bicyclic) bond motifs is 3. The monoisotopic (exact) mass is 458 g/mol. The van der Waals surface area contributed by atoms with Gasteiger partial charge < -0.3 is 0 Å². The molecule has 0 saturated heterocycles. The molecule has 36 heavy (non-hydrogen) atoms. The molecule has 0 bridgehead atoms. The molecule has 0 unspecified atom stereocenters. The molecule has 0 radical (unpaired) electrons. The Balaban J connectivity index is 1.47. The van der Waals surface area contributed by atoms with Crippen LogP contribution in [0, 0.1) is 0 Å². The van der Waals surface area contributed by atoms with Gasteiger partial charge in [0, 0.05) is 0 Å². The third kappa shape index (κ3) is 3.39. The third-order valence-electron chi connectivity index (χ3n) is 7.12. The molecule has 0 heteroatoms. The van der Waals surface area contributed by atoms with E-state index in [4.69, 9.17) is 2.74 Å². The van der Waals surface area contributed by atoms with Crippen LogP contribution in [-0.4, -0.2) is 0 Å². The molecular formula is C36H24. The van der Waals surface area contributed by atoms with Crippen LogP contribution in [0.2, 0.25) is 0 Å². The van der Waals surface area contributed by atoms with Crippen LogP contribution in [0.5, 0.6) is 0 Å². The molecule has 0 saturated carbocycles. The highest BCUT2D eigenvalue weighted by molar-refractivity contribution is 6.21. The van der Waals surface area contributed by atoms with Gasteiger partial charge in [-0.25, -0.2) is 0 Å². The number of hydrogen-bond donors (Lipinski definition) is 0. The van der Waals surface area contributed by atoms with Crippen molar-refractivity contribution in [1.82, 2.24) is 0 Å². The molecule has 0 amide bonds. The van der Waals surface area contributed by atoms with Crippen LogP contribution in [-0.2, 0) is 0 Å². The van der Waals surface area contributed by atoms with Gasteiger partial charge in [0.05, 0.1) is 2.74 Å². The lowest BCUT2D eigenvalue weighted by atomic mass is 9.86. The minimum absolute atomic E-state index is 0.488. The summed E-state index contributed by atoms with van der Waals surface area (Å²) < 4.78 is 16.8. The predicted octanol–water partition coefficient (Wildman–Crippen LogP) is 10.1. The largest absolute Gasteiger partial charge is 0.0623 e. The molecule has 0 aliphatic carbocycles. The van der Waals surface area contributed by atoms with Crippen LogP contribution >= 0.6 is 0 Å². The van der Waals surface area contributed by atoms with Crippen LogP contribution in [0.15, 0.2) is 146 Å². The molecule has 7 aromatic carbocycles. The average molecular weight is 459 g/mol. The summed E-state index contributed by atoms with van der Waals surface area (Å²) in [6, 6.07) is 46.9.